The van der Waals surface area contributed by atoms with Crippen LogP contribution in [0.2, 0.25) is 0 Å². The molecule has 0 saturated heterocycles. The number of anilines is 1. The number of amides is 1. The predicted molar refractivity (Wildman–Crippen MR) is 77.5 cm³/mol. The molecule has 0 atom stereocenters. The molecule has 0 aliphatic carbocycles. The van der Waals surface area contributed by atoms with E-state index < -0.39 is 5.91 Å². The average molecular weight is 276 g/mol. The molecule has 0 fully saturated rings. The number of rotatable bonds is 6. The fourth-order valence-corrected chi connectivity index (χ4v) is 2.45. The molecule has 1 amide bonds. The molecule has 0 bridgehead atoms. The second kappa shape index (κ2) is 6.24. The lowest BCUT2D eigenvalue weighted by Crippen LogP contribution is -2.20. The number of ether oxygens (including phenoxy) is 1. The van der Waals surface area contributed by atoms with E-state index in [1.807, 2.05) is 18.2 Å². The molecule has 0 aliphatic rings. The summed E-state index contributed by atoms with van der Waals surface area (Å²) in [5, 5.41) is 3.32. The SMILES string of the molecule is Cc1ccc(CNc2cccc(OCC(N)=O)c2)s1. The summed E-state index contributed by atoms with van der Waals surface area (Å²) in [6, 6.07) is 11.7. The van der Waals surface area contributed by atoms with Crippen molar-refractivity contribution in [3.8, 4) is 5.75 Å². The number of nitrogens with two attached hydrogens (primary N) is 1. The van der Waals surface area contributed by atoms with Crippen LogP contribution in [0.4, 0.5) is 5.69 Å². The van der Waals surface area contributed by atoms with Gasteiger partial charge in [-0.1, -0.05) is 6.07 Å². The van der Waals surface area contributed by atoms with E-state index in [0.29, 0.717) is 5.75 Å². The van der Waals surface area contributed by atoms with Gasteiger partial charge in [-0.15, -0.1) is 11.3 Å². The smallest absolute Gasteiger partial charge is 0.255 e. The van der Waals surface area contributed by atoms with Crippen molar-refractivity contribution in [3.05, 3.63) is 46.2 Å². The molecule has 0 unspecified atom stereocenters. The fraction of sp³-hybridized carbons (Fsp3) is 0.214. The molecule has 0 saturated carbocycles. The van der Waals surface area contributed by atoms with Gasteiger partial charge in [0.05, 0.1) is 0 Å². The Kier molecular flexibility index (Phi) is 4.41. The summed E-state index contributed by atoms with van der Waals surface area (Å²) >= 11 is 1.77. The lowest BCUT2D eigenvalue weighted by molar-refractivity contribution is -0.119. The Balaban J connectivity index is 1.93. The number of carbonyl (C=O) groups is 1. The Morgan fingerprint density at radius 2 is 2.21 bits per heavy atom. The first-order chi connectivity index (χ1) is 9.13. The summed E-state index contributed by atoms with van der Waals surface area (Å²) in [5.41, 5.74) is 5.99. The molecular weight excluding hydrogens is 260 g/mol. The van der Waals surface area contributed by atoms with Crippen molar-refractivity contribution in [1.82, 2.24) is 0 Å². The molecule has 2 rings (SSSR count). The Labute approximate surface area is 116 Å². The zero-order valence-corrected chi connectivity index (χ0v) is 11.5. The van der Waals surface area contributed by atoms with Crippen molar-refractivity contribution >= 4 is 22.9 Å². The molecule has 1 heterocycles. The maximum absolute atomic E-state index is 10.7. The van der Waals surface area contributed by atoms with Crippen LogP contribution in [0.25, 0.3) is 0 Å². The highest BCUT2D eigenvalue weighted by molar-refractivity contribution is 7.11. The van der Waals surface area contributed by atoms with E-state index in [4.69, 9.17) is 10.5 Å². The van der Waals surface area contributed by atoms with Gasteiger partial charge in [0.15, 0.2) is 6.61 Å². The van der Waals surface area contributed by atoms with Gasteiger partial charge in [0.1, 0.15) is 5.75 Å². The van der Waals surface area contributed by atoms with Crippen LogP contribution in [0.5, 0.6) is 5.75 Å². The number of thiophene rings is 1. The minimum atomic E-state index is -0.479. The second-order valence-corrected chi connectivity index (χ2v) is 5.52. The van der Waals surface area contributed by atoms with E-state index in [9.17, 15) is 4.79 Å². The first-order valence-corrected chi connectivity index (χ1v) is 6.75. The van der Waals surface area contributed by atoms with E-state index in [1.165, 1.54) is 9.75 Å². The van der Waals surface area contributed by atoms with E-state index in [1.54, 1.807) is 17.4 Å². The number of nitrogens with one attached hydrogen (secondary N) is 1. The molecular formula is C14H16N2O2S. The van der Waals surface area contributed by atoms with Gasteiger partial charge < -0.3 is 15.8 Å². The van der Waals surface area contributed by atoms with Crippen LogP contribution in [-0.4, -0.2) is 12.5 Å². The van der Waals surface area contributed by atoms with Crippen molar-refractivity contribution in [2.75, 3.05) is 11.9 Å². The second-order valence-electron chi connectivity index (χ2n) is 4.15. The summed E-state index contributed by atoms with van der Waals surface area (Å²) in [4.78, 5) is 13.2. The summed E-state index contributed by atoms with van der Waals surface area (Å²) in [7, 11) is 0. The first-order valence-electron chi connectivity index (χ1n) is 5.94. The predicted octanol–water partition coefficient (Wildman–Crippen LogP) is 2.53. The van der Waals surface area contributed by atoms with Gasteiger partial charge in [-0.05, 0) is 31.2 Å². The monoisotopic (exact) mass is 276 g/mol. The lowest BCUT2D eigenvalue weighted by atomic mass is 10.3. The van der Waals surface area contributed by atoms with E-state index in [0.717, 1.165) is 12.2 Å². The molecule has 19 heavy (non-hydrogen) atoms. The van der Waals surface area contributed by atoms with Crippen LogP contribution in [0.15, 0.2) is 36.4 Å². The van der Waals surface area contributed by atoms with Crippen LogP contribution in [0.1, 0.15) is 9.75 Å². The lowest BCUT2D eigenvalue weighted by Gasteiger charge is -2.08. The molecule has 0 radical (unpaired) electrons. The highest BCUT2D eigenvalue weighted by atomic mass is 32.1. The van der Waals surface area contributed by atoms with Gasteiger partial charge >= 0.3 is 0 Å². The largest absolute Gasteiger partial charge is 0.484 e. The normalized spacial score (nSPS) is 10.2. The zero-order chi connectivity index (χ0) is 13.7. The van der Waals surface area contributed by atoms with Crippen LogP contribution in [-0.2, 0) is 11.3 Å². The molecule has 5 heteroatoms. The number of hydrogen-bond donors (Lipinski definition) is 2. The molecule has 1 aromatic carbocycles. The number of carbonyl (C=O) groups excluding carboxylic acids is 1. The Morgan fingerprint density at radius 3 is 2.89 bits per heavy atom. The first kappa shape index (κ1) is 13.4. The van der Waals surface area contributed by atoms with Gasteiger partial charge in [-0.3, -0.25) is 4.79 Å². The third-order valence-electron chi connectivity index (χ3n) is 2.48. The minimum absolute atomic E-state index is 0.104. The van der Waals surface area contributed by atoms with E-state index in [2.05, 4.69) is 24.4 Å². The third kappa shape index (κ3) is 4.30. The molecule has 2 aromatic rings. The molecule has 0 aliphatic heterocycles. The van der Waals surface area contributed by atoms with Crippen LogP contribution >= 0.6 is 11.3 Å². The van der Waals surface area contributed by atoms with Gasteiger partial charge in [0.25, 0.3) is 5.91 Å². The van der Waals surface area contributed by atoms with Gasteiger partial charge in [0, 0.05) is 28.1 Å². The highest BCUT2D eigenvalue weighted by Gasteiger charge is 2.00. The standard InChI is InChI=1S/C14H16N2O2S/c1-10-5-6-13(19-10)8-16-11-3-2-4-12(7-11)18-9-14(15)17/h2-7,16H,8-9H2,1H3,(H2,15,17). The highest BCUT2D eigenvalue weighted by Crippen LogP contribution is 2.20. The Bertz CT molecular complexity index is 566. The summed E-state index contributed by atoms with van der Waals surface area (Å²) in [6.07, 6.45) is 0. The zero-order valence-electron chi connectivity index (χ0n) is 10.7. The Hall–Kier alpha value is -2.01. The van der Waals surface area contributed by atoms with Crippen molar-refractivity contribution in [3.63, 3.8) is 0 Å². The molecule has 0 spiro atoms. The summed E-state index contributed by atoms with van der Waals surface area (Å²) in [6.45, 7) is 2.76. The quantitative estimate of drug-likeness (QED) is 0.852. The number of benzene rings is 1. The van der Waals surface area contributed by atoms with Crippen molar-refractivity contribution in [2.45, 2.75) is 13.5 Å². The molecule has 3 N–H and O–H groups in total. The van der Waals surface area contributed by atoms with Crippen LogP contribution < -0.4 is 15.8 Å². The fourth-order valence-electron chi connectivity index (χ4n) is 1.62. The van der Waals surface area contributed by atoms with Gasteiger partial charge in [-0.2, -0.15) is 0 Å². The van der Waals surface area contributed by atoms with Crippen LogP contribution in [0.3, 0.4) is 0 Å². The number of aryl methyl sites for hydroxylation is 1. The van der Waals surface area contributed by atoms with E-state index in [-0.39, 0.29) is 6.61 Å². The number of hydrogen-bond acceptors (Lipinski definition) is 4. The average Bonchev–Trinajstić information content (AvgIpc) is 2.80. The molecule has 100 valence electrons. The van der Waals surface area contributed by atoms with Crippen molar-refractivity contribution in [1.29, 1.82) is 0 Å². The minimum Gasteiger partial charge on any atom is -0.484 e. The van der Waals surface area contributed by atoms with Gasteiger partial charge in [0.2, 0.25) is 0 Å². The van der Waals surface area contributed by atoms with E-state index >= 15 is 0 Å². The topological polar surface area (TPSA) is 64.3 Å². The maximum Gasteiger partial charge on any atom is 0.255 e. The van der Waals surface area contributed by atoms with Crippen molar-refractivity contribution < 1.29 is 9.53 Å². The Morgan fingerprint density at radius 1 is 1.37 bits per heavy atom. The summed E-state index contributed by atoms with van der Waals surface area (Å²) < 4.78 is 5.25. The molecule has 1 aromatic heterocycles. The molecule has 4 nitrogen and oxygen atoms in total. The van der Waals surface area contributed by atoms with Gasteiger partial charge in [-0.25, -0.2) is 0 Å². The third-order valence-corrected chi connectivity index (χ3v) is 3.48. The van der Waals surface area contributed by atoms with Crippen LogP contribution in [0, 0.1) is 6.92 Å². The van der Waals surface area contributed by atoms with Crippen molar-refractivity contribution in [2.24, 2.45) is 5.73 Å². The summed E-state index contributed by atoms with van der Waals surface area (Å²) in [5.74, 6) is 0.151. The maximum atomic E-state index is 10.7. The number of primary amides is 1.